The van der Waals surface area contributed by atoms with E-state index < -0.39 is 15.8 Å². The summed E-state index contributed by atoms with van der Waals surface area (Å²) in [4.78, 5) is 0. The van der Waals surface area contributed by atoms with Crippen LogP contribution in [0.25, 0.3) is 0 Å². The van der Waals surface area contributed by atoms with Crippen LogP contribution in [0.3, 0.4) is 0 Å². The zero-order chi connectivity index (χ0) is 24.0. The van der Waals surface area contributed by atoms with Gasteiger partial charge in [0.1, 0.15) is 0 Å². The molecule has 0 unspecified atom stereocenters. The number of hydrogen-bond donors (Lipinski definition) is 0. The van der Waals surface area contributed by atoms with Crippen molar-refractivity contribution < 1.29 is 0 Å². The molecular formula is C33H36P2. The van der Waals surface area contributed by atoms with Crippen LogP contribution in [0.1, 0.15) is 33.1 Å². The third-order valence-corrected chi connectivity index (χ3v) is 13.6. The second kappa shape index (κ2) is 11.6. The molecule has 4 aromatic rings. The monoisotopic (exact) mass is 494 g/mol. The van der Waals surface area contributed by atoms with Crippen molar-refractivity contribution in [3.05, 3.63) is 121 Å². The fraction of sp³-hybridized carbons (Fsp3) is 0.273. The van der Waals surface area contributed by atoms with Crippen molar-refractivity contribution in [2.75, 3.05) is 0 Å². The van der Waals surface area contributed by atoms with Crippen LogP contribution in [0, 0.1) is 11.8 Å². The Bertz CT molecular complexity index is 987. The van der Waals surface area contributed by atoms with E-state index in [2.05, 4.69) is 135 Å². The summed E-state index contributed by atoms with van der Waals surface area (Å²) >= 11 is 0. The molecule has 0 nitrogen and oxygen atoms in total. The molecule has 0 spiro atoms. The van der Waals surface area contributed by atoms with E-state index in [1.807, 2.05) is 0 Å². The summed E-state index contributed by atoms with van der Waals surface area (Å²) in [5, 5.41) is 6.08. The van der Waals surface area contributed by atoms with Gasteiger partial charge in [-0.2, -0.15) is 0 Å². The Morgan fingerprint density at radius 3 is 0.971 bits per heavy atom. The van der Waals surface area contributed by atoms with Crippen LogP contribution in [0.5, 0.6) is 0 Å². The zero-order valence-corrected chi connectivity index (χ0v) is 22.7. The van der Waals surface area contributed by atoms with E-state index in [9.17, 15) is 0 Å². The highest BCUT2D eigenvalue weighted by Gasteiger charge is 2.41. The van der Waals surface area contributed by atoms with Crippen molar-refractivity contribution in [2.45, 2.75) is 44.4 Å². The summed E-state index contributed by atoms with van der Waals surface area (Å²) in [5.74, 6) is 1.52. The van der Waals surface area contributed by atoms with Crippen LogP contribution in [-0.4, -0.2) is 11.3 Å². The molecular weight excluding hydrogens is 458 g/mol. The lowest BCUT2D eigenvalue weighted by Gasteiger charge is -2.38. The minimum atomic E-state index is -0.395. The summed E-state index contributed by atoms with van der Waals surface area (Å²) in [6.45, 7) is 5.13. The molecule has 0 bridgehead atoms. The lowest BCUT2D eigenvalue weighted by Crippen LogP contribution is -2.34. The predicted octanol–water partition coefficient (Wildman–Crippen LogP) is 7.45. The maximum absolute atomic E-state index is 2.56. The molecule has 4 atom stereocenters. The maximum atomic E-state index is 2.56. The van der Waals surface area contributed by atoms with Gasteiger partial charge in [0.25, 0.3) is 0 Å². The van der Waals surface area contributed by atoms with Crippen molar-refractivity contribution in [3.63, 3.8) is 0 Å². The molecule has 0 heterocycles. The first kappa shape index (κ1) is 24.4. The van der Waals surface area contributed by atoms with Crippen molar-refractivity contribution in [3.8, 4) is 0 Å². The van der Waals surface area contributed by atoms with Crippen LogP contribution in [0.15, 0.2) is 121 Å². The Hall–Kier alpha value is -2.26. The summed E-state index contributed by atoms with van der Waals surface area (Å²) in [6, 6.07) is 45.3. The second-order valence-corrected chi connectivity index (χ2v) is 15.0. The van der Waals surface area contributed by atoms with Crippen LogP contribution in [0.4, 0.5) is 0 Å². The van der Waals surface area contributed by atoms with Crippen molar-refractivity contribution in [2.24, 2.45) is 11.8 Å². The first-order valence-corrected chi connectivity index (χ1v) is 15.8. The molecule has 4 aromatic carbocycles. The third kappa shape index (κ3) is 5.45. The highest BCUT2D eigenvalue weighted by molar-refractivity contribution is 7.74. The van der Waals surface area contributed by atoms with Crippen LogP contribution >= 0.6 is 15.8 Å². The molecule has 35 heavy (non-hydrogen) atoms. The van der Waals surface area contributed by atoms with Crippen LogP contribution in [0.2, 0.25) is 0 Å². The van der Waals surface area contributed by atoms with Gasteiger partial charge in [-0.05, 0) is 73.1 Å². The van der Waals surface area contributed by atoms with Gasteiger partial charge >= 0.3 is 0 Å². The molecule has 0 aromatic heterocycles. The van der Waals surface area contributed by atoms with Gasteiger partial charge in [0, 0.05) is 0 Å². The Morgan fingerprint density at radius 2 is 0.714 bits per heavy atom. The number of hydrogen-bond acceptors (Lipinski definition) is 0. The highest BCUT2D eigenvalue weighted by atomic mass is 31.1. The molecule has 0 amide bonds. The molecule has 1 saturated carbocycles. The predicted molar refractivity (Wildman–Crippen MR) is 158 cm³/mol. The first-order chi connectivity index (χ1) is 17.2. The van der Waals surface area contributed by atoms with E-state index >= 15 is 0 Å². The molecule has 1 aliphatic rings. The molecule has 2 heteroatoms. The Balaban J connectivity index is 1.49. The van der Waals surface area contributed by atoms with Gasteiger partial charge in [-0.1, -0.05) is 142 Å². The SMILES string of the molecule is C[C@H]([C@H]1CCC[C@@H]1[C@@H](C)P(c1ccccc1)c1ccccc1)P(c1ccccc1)c1ccccc1. The quantitative estimate of drug-likeness (QED) is 0.223. The molecule has 0 saturated heterocycles. The van der Waals surface area contributed by atoms with Crippen molar-refractivity contribution in [1.82, 2.24) is 0 Å². The number of benzene rings is 4. The largest absolute Gasteiger partial charge is 0.0622 e. The minimum Gasteiger partial charge on any atom is -0.0622 e. The molecule has 0 radical (unpaired) electrons. The Labute approximate surface area is 214 Å². The molecule has 0 N–H and O–H groups in total. The van der Waals surface area contributed by atoms with Crippen molar-refractivity contribution >= 4 is 37.1 Å². The van der Waals surface area contributed by atoms with Gasteiger partial charge in [0.2, 0.25) is 0 Å². The summed E-state index contributed by atoms with van der Waals surface area (Å²) in [5.41, 5.74) is 1.32. The Kier molecular flexibility index (Phi) is 8.13. The maximum Gasteiger partial charge on any atom is -0.0126 e. The average molecular weight is 495 g/mol. The van der Waals surface area contributed by atoms with Gasteiger partial charge in [0.05, 0.1) is 0 Å². The zero-order valence-electron chi connectivity index (χ0n) is 20.9. The van der Waals surface area contributed by atoms with E-state index in [1.165, 1.54) is 40.5 Å². The fourth-order valence-electron chi connectivity index (χ4n) is 6.19. The highest BCUT2D eigenvalue weighted by Crippen LogP contribution is 2.55. The lowest BCUT2D eigenvalue weighted by molar-refractivity contribution is 0.380. The van der Waals surface area contributed by atoms with Gasteiger partial charge in [-0.15, -0.1) is 0 Å². The summed E-state index contributed by atoms with van der Waals surface area (Å²) < 4.78 is 0. The molecule has 1 fully saturated rings. The second-order valence-electron chi connectivity index (χ2n) is 9.82. The van der Waals surface area contributed by atoms with Gasteiger partial charge in [-0.25, -0.2) is 0 Å². The van der Waals surface area contributed by atoms with Gasteiger partial charge in [0.15, 0.2) is 0 Å². The number of rotatable bonds is 8. The molecule has 0 aliphatic heterocycles. The smallest absolute Gasteiger partial charge is 0.0126 e. The third-order valence-electron chi connectivity index (χ3n) is 7.82. The van der Waals surface area contributed by atoms with Crippen LogP contribution in [-0.2, 0) is 0 Å². The van der Waals surface area contributed by atoms with E-state index in [-0.39, 0.29) is 0 Å². The summed E-state index contributed by atoms with van der Waals surface area (Å²) in [6.07, 6.45) is 4.09. The normalized spacial score (nSPS) is 19.7. The van der Waals surface area contributed by atoms with Crippen LogP contribution < -0.4 is 21.2 Å². The minimum absolute atomic E-state index is 0.395. The lowest BCUT2D eigenvalue weighted by atomic mass is 9.91. The van der Waals surface area contributed by atoms with Gasteiger partial charge in [-0.3, -0.25) is 0 Å². The standard InChI is InChI=1S/C33H36P2/c1-26(34(28-16-7-3-8-17-28)29-18-9-4-10-19-29)32-24-15-25-33(32)27(2)35(30-20-11-5-12-21-30)31-22-13-6-14-23-31/h3-14,16-23,26-27,32-33H,15,24-25H2,1-2H3/t26-,27-,32-,33-/m1/s1. The van der Waals surface area contributed by atoms with E-state index in [0.717, 1.165) is 11.8 Å². The first-order valence-electron chi connectivity index (χ1n) is 13.0. The van der Waals surface area contributed by atoms with E-state index in [0.29, 0.717) is 11.3 Å². The van der Waals surface area contributed by atoms with E-state index in [4.69, 9.17) is 0 Å². The van der Waals surface area contributed by atoms with E-state index in [1.54, 1.807) is 0 Å². The van der Waals surface area contributed by atoms with Crippen molar-refractivity contribution in [1.29, 1.82) is 0 Å². The Morgan fingerprint density at radius 1 is 0.457 bits per heavy atom. The average Bonchev–Trinajstić information content (AvgIpc) is 3.42. The summed E-state index contributed by atoms with van der Waals surface area (Å²) in [7, 11) is -0.790. The molecule has 5 rings (SSSR count). The topological polar surface area (TPSA) is 0 Å². The molecule has 178 valence electrons. The van der Waals surface area contributed by atoms with Gasteiger partial charge < -0.3 is 0 Å². The molecule has 1 aliphatic carbocycles. The fourth-order valence-corrected chi connectivity index (χ4v) is 12.1.